The molecule has 0 fully saturated rings. The number of halogens is 1. The average Bonchev–Trinajstić information content (AvgIpc) is 2.50. The monoisotopic (exact) mass is 372 g/mol. The van der Waals surface area contributed by atoms with Gasteiger partial charge in [-0.3, -0.25) is 9.59 Å². The van der Waals surface area contributed by atoms with Gasteiger partial charge in [0.1, 0.15) is 0 Å². The summed E-state index contributed by atoms with van der Waals surface area (Å²) in [5.41, 5.74) is 3.08. The van der Waals surface area contributed by atoms with Gasteiger partial charge in [0.2, 0.25) is 11.8 Å². The number of nitrogens with one attached hydrogen (secondary N) is 2. The molecule has 0 unspecified atom stereocenters. The van der Waals surface area contributed by atoms with Crippen molar-refractivity contribution in [2.45, 2.75) is 13.8 Å². The Kier molecular flexibility index (Phi) is 5.71. The molecule has 2 N–H and O–H groups in total. The van der Waals surface area contributed by atoms with E-state index in [1.54, 1.807) is 24.3 Å². The van der Waals surface area contributed by atoms with Crippen molar-refractivity contribution >= 4 is 45.2 Å². The lowest BCUT2D eigenvalue weighted by Gasteiger charge is -2.11. The molecule has 5 heteroatoms. The normalized spacial score (nSPS) is 10.6. The molecule has 0 aromatic heterocycles. The molecule has 118 valence electrons. The van der Waals surface area contributed by atoms with Crippen molar-refractivity contribution in [1.82, 2.24) is 0 Å². The summed E-state index contributed by atoms with van der Waals surface area (Å²) in [5.74, 6) is -0.380. The van der Waals surface area contributed by atoms with Crippen molar-refractivity contribution < 1.29 is 9.59 Å². The first kappa shape index (κ1) is 17.0. The number of rotatable bonds is 4. The molecule has 2 aromatic rings. The van der Waals surface area contributed by atoms with Gasteiger partial charge in [0.15, 0.2) is 0 Å². The van der Waals surface area contributed by atoms with Crippen LogP contribution in [-0.4, -0.2) is 11.8 Å². The summed E-state index contributed by atoms with van der Waals surface area (Å²) in [6, 6.07) is 13.0. The molecule has 0 aliphatic heterocycles. The molecule has 2 rings (SSSR count). The van der Waals surface area contributed by atoms with Gasteiger partial charge < -0.3 is 10.6 Å². The summed E-state index contributed by atoms with van der Waals surface area (Å²) in [5, 5.41) is 5.56. The number of benzene rings is 2. The van der Waals surface area contributed by atoms with Gasteiger partial charge in [-0.15, -0.1) is 0 Å². The Morgan fingerprint density at radius 1 is 1.00 bits per heavy atom. The van der Waals surface area contributed by atoms with Crippen LogP contribution in [0.2, 0.25) is 0 Å². The highest BCUT2D eigenvalue weighted by Gasteiger charge is 2.07. The molecule has 0 spiro atoms. The van der Waals surface area contributed by atoms with E-state index in [1.165, 1.54) is 13.0 Å². The van der Waals surface area contributed by atoms with Gasteiger partial charge in [-0.2, -0.15) is 0 Å². The van der Waals surface area contributed by atoms with Crippen LogP contribution in [0, 0.1) is 6.92 Å². The molecule has 0 aliphatic carbocycles. The van der Waals surface area contributed by atoms with E-state index in [1.807, 2.05) is 31.2 Å². The number of hydrogen-bond donors (Lipinski definition) is 2. The highest BCUT2D eigenvalue weighted by atomic mass is 79.9. The van der Waals surface area contributed by atoms with Crippen LogP contribution in [0.1, 0.15) is 18.1 Å². The summed E-state index contributed by atoms with van der Waals surface area (Å²) in [6.45, 7) is 3.30. The van der Waals surface area contributed by atoms with Gasteiger partial charge in [0.05, 0.1) is 0 Å². The molecule has 0 aliphatic rings. The van der Waals surface area contributed by atoms with Gasteiger partial charge >= 0.3 is 0 Å². The Labute approximate surface area is 143 Å². The maximum atomic E-state index is 12.1. The van der Waals surface area contributed by atoms with E-state index in [-0.39, 0.29) is 11.8 Å². The predicted octanol–water partition coefficient (Wildman–Crippen LogP) is 4.37. The van der Waals surface area contributed by atoms with E-state index in [2.05, 4.69) is 26.6 Å². The van der Waals surface area contributed by atoms with Crippen molar-refractivity contribution in [1.29, 1.82) is 0 Å². The first-order chi connectivity index (χ1) is 11.0. The third-order valence-electron chi connectivity index (χ3n) is 3.22. The smallest absolute Gasteiger partial charge is 0.248 e. The van der Waals surface area contributed by atoms with Gasteiger partial charge in [-0.1, -0.05) is 40.2 Å². The second-order valence-corrected chi connectivity index (χ2v) is 5.86. The fourth-order valence-corrected chi connectivity index (χ4v) is 2.46. The first-order valence-corrected chi connectivity index (χ1v) is 7.87. The quantitative estimate of drug-likeness (QED) is 0.782. The molecule has 0 heterocycles. The zero-order valence-electron chi connectivity index (χ0n) is 12.9. The largest absolute Gasteiger partial charge is 0.326 e. The Bertz CT molecular complexity index is 769. The second-order valence-electron chi connectivity index (χ2n) is 5.00. The lowest BCUT2D eigenvalue weighted by molar-refractivity contribution is -0.114. The molecule has 0 atom stereocenters. The van der Waals surface area contributed by atoms with E-state index in [0.29, 0.717) is 11.4 Å². The Hall–Kier alpha value is -2.40. The topological polar surface area (TPSA) is 58.2 Å². The van der Waals surface area contributed by atoms with E-state index in [9.17, 15) is 9.59 Å². The van der Waals surface area contributed by atoms with Crippen LogP contribution >= 0.6 is 15.9 Å². The SMILES string of the molecule is CC(=O)Nc1cccc(NC(=O)/C=C/c2ccccc2Br)c1C. The molecule has 0 saturated heterocycles. The lowest BCUT2D eigenvalue weighted by Crippen LogP contribution is -2.12. The molecule has 4 nitrogen and oxygen atoms in total. The van der Waals surface area contributed by atoms with Crippen LogP contribution in [0.15, 0.2) is 53.0 Å². The number of amides is 2. The van der Waals surface area contributed by atoms with Crippen molar-refractivity contribution in [2.24, 2.45) is 0 Å². The Balaban J connectivity index is 2.12. The Morgan fingerprint density at radius 2 is 1.65 bits per heavy atom. The van der Waals surface area contributed by atoms with Crippen LogP contribution in [0.4, 0.5) is 11.4 Å². The van der Waals surface area contributed by atoms with Crippen molar-refractivity contribution in [2.75, 3.05) is 10.6 Å². The second kappa shape index (κ2) is 7.74. The maximum Gasteiger partial charge on any atom is 0.248 e. The van der Waals surface area contributed by atoms with Gasteiger partial charge in [-0.05, 0) is 42.3 Å². The van der Waals surface area contributed by atoms with Crippen molar-refractivity contribution in [3.05, 3.63) is 64.1 Å². The summed E-state index contributed by atoms with van der Waals surface area (Å²) in [6.07, 6.45) is 3.22. The summed E-state index contributed by atoms with van der Waals surface area (Å²) < 4.78 is 0.924. The van der Waals surface area contributed by atoms with E-state index >= 15 is 0 Å². The zero-order valence-corrected chi connectivity index (χ0v) is 14.5. The van der Waals surface area contributed by atoms with E-state index in [0.717, 1.165) is 15.6 Å². The molecule has 0 saturated carbocycles. The number of carbonyl (C=O) groups excluding carboxylic acids is 2. The summed E-state index contributed by atoms with van der Waals surface area (Å²) in [4.78, 5) is 23.3. The minimum absolute atomic E-state index is 0.148. The maximum absolute atomic E-state index is 12.1. The first-order valence-electron chi connectivity index (χ1n) is 7.08. The number of carbonyl (C=O) groups is 2. The van der Waals surface area contributed by atoms with Crippen LogP contribution in [-0.2, 0) is 9.59 Å². The van der Waals surface area contributed by atoms with E-state index in [4.69, 9.17) is 0 Å². The van der Waals surface area contributed by atoms with Gasteiger partial charge in [0, 0.05) is 28.8 Å². The lowest BCUT2D eigenvalue weighted by atomic mass is 10.1. The standard InChI is InChI=1S/C18H17BrN2O2/c1-12-16(20-13(2)22)8-5-9-17(12)21-18(23)11-10-14-6-3-4-7-15(14)19/h3-11H,1-2H3,(H,20,22)(H,21,23)/b11-10+. The van der Waals surface area contributed by atoms with Crippen LogP contribution in [0.5, 0.6) is 0 Å². The third-order valence-corrected chi connectivity index (χ3v) is 3.94. The molecule has 2 aromatic carbocycles. The van der Waals surface area contributed by atoms with Gasteiger partial charge in [-0.25, -0.2) is 0 Å². The highest BCUT2D eigenvalue weighted by Crippen LogP contribution is 2.23. The molecule has 2 amide bonds. The predicted molar refractivity (Wildman–Crippen MR) is 97.3 cm³/mol. The van der Waals surface area contributed by atoms with E-state index < -0.39 is 0 Å². The fraction of sp³-hybridized carbons (Fsp3) is 0.111. The minimum atomic E-state index is -0.233. The molecule has 0 radical (unpaired) electrons. The third kappa shape index (κ3) is 4.79. The molecular weight excluding hydrogens is 356 g/mol. The number of hydrogen-bond acceptors (Lipinski definition) is 2. The van der Waals surface area contributed by atoms with Crippen molar-refractivity contribution in [3.63, 3.8) is 0 Å². The highest BCUT2D eigenvalue weighted by molar-refractivity contribution is 9.10. The summed E-state index contributed by atoms with van der Waals surface area (Å²) in [7, 11) is 0. The molecule has 23 heavy (non-hydrogen) atoms. The molecule has 0 bridgehead atoms. The summed E-state index contributed by atoms with van der Waals surface area (Å²) >= 11 is 3.43. The van der Waals surface area contributed by atoms with Crippen LogP contribution in [0.3, 0.4) is 0 Å². The zero-order chi connectivity index (χ0) is 16.8. The van der Waals surface area contributed by atoms with Crippen molar-refractivity contribution in [3.8, 4) is 0 Å². The van der Waals surface area contributed by atoms with Crippen LogP contribution in [0.25, 0.3) is 6.08 Å². The van der Waals surface area contributed by atoms with Crippen LogP contribution < -0.4 is 10.6 Å². The number of anilines is 2. The minimum Gasteiger partial charge on any atom is -0.326 e. The molecular formula is C18H17BrN2O2. The fourth-order valence-electron chi connectivity index (χ4n) is 2.05. The van der Waals surface area contributed by atoms with Gasteiger partial charge in [0.25, 0.3) is 0 Å². The Morgan fingerprint density at radius 3 is 2.30 bits per heavy atom. The average molecular weight is 373 g/mol.